The Bertz CT molecular complexity index is 455. The van der Waals surface area contributed by atoms with Crippen molar-refractivity contribution in [2.45, 2.75) is 33.4 Å². The summed E-state index contributed by atoms with van der Waals surface area (Å²) >= 11 is 0. The van der Waals surface area contributed by atoms with Gasteiger partial charge in [0.1, 0.15) is 0 Å². The van der Waals surface area contributed by atoms with E-state index >= 15 is 0 Å². The molecule has 20 heavy (non-hydrogen) atoms. The summed E-state index contributed by atoms with van der Waals surface area (Å²) in [5.41, 5.74) is -0.700. The maximum Gasteiger partial charge on any atom is 0.416 e. The molecular formula is C15H20F3NO. The summed E-state index contributed by atoms with van der Waals surface area (Å²) in [7, 11) is 0. The number of amides is 1. The monoisotopic (exact) mass is 287 g/mol. The fourth-order valence-electron chi connectivity index (χ4n) is 1.83. The fourth-order valence-corrected chi connectivity index (χ4v) is 1.83. The molecular weight excluding hydrogens is 267 g/mol. The largest absolute Gasteiger partial charge is 0.416 e. The molecule has 0 radical (unpaired) electrons. The summed E-state index contributed by atoms with van der Waals surface area (Å²) in [6, 6.07) is 4.59. The lowest BCUT2D eigenvalue weighted by Crippen LogP contribution is -2.32. The highest BCUT2D eigenvalue weighted by molar-refractivity contribution is 5.94. The maximum absolute atomic E-state index is 12.6. The van der Waals surface area contributed by atoms with Gasteiger partial charge in [-0.15, -0.1) is 0 Å². The van der Waals surface area contributed by atoms with Gasteiger partial charge in [-0.25, -0.2) is 0 Å². The van der Waals surface area contributed by atoms with Crippen LogP contribution in [0.15, 0.2) is 24.3 Å². The third-order valence-corrected chi connectivity index (χ3v) is 3.08. The Morgan fingerprint density at radius 2 is 1.95 bits per heavy atom. The van der Waals surface area contributed by atoms with Crippen molar-refractivity contribution in [3.63, 3.8) is 0 Å². The number of hydrogen-bond acceptors (Lipinski definition) is 1. The van der Waals surface area contributed by atoms with Crippen LogP contribution in [-0.2, 0) is 6.18 Å². The first-order valence-corrected chi connectivity index (χ1v) is 6.72. The average Bonchev–Trinajstić information content (AvgIpc) is 2.38. The summed E-state index contributed by atoms with van der Waals surface area (Å²) in [5.74, 6) is 0.0950. The summed E-state index contributed by atoms with van der Waals surface area (Å²) in [6.45, 7) is 6.96. The lowest BCUT2D eigenvalue weighted by molar-refractivity contribution is -0.137. The van der Waals surface area contributed by atoms with Gasteiger partial charge in [0, 0.05) is 18.7 Å². The third kappa shape index (κ3) is 4.54. The average molecular weight is 287 g/mol. The van der Waals surface area contributed by atoms with Crippen LogP contribution in [0, 0.1) is 5.92 Å². The molecule has 0 aromatic heterocycles. The van der Waals surface area contributed by atoms with E-state index in [1.807, 2.05) is 20.8 Å². The number of rotatable bonds is 5. The van der Waals surface area contributed by atoms with Gasteiger partial charge < -0.3 is 4.90 Å². The SMILES string of the molecule is CCN(CCC(C)C)C(=O)c1cccc(C(F)(F)F)c1. The third-order valence-electron chi connectivity index (χ3n) is 3.08. The molecule has 1 aromatic rings. The van der Waals surface area contributed by atoms with Crippen LogP contribution in [0.2, 0.25) is 0 Å². The molecule has 0 saturated carbocycles. The van der Waals surface area contributed by atoms with E-state index in [-0.39, 0.29) is 11.5 Å². The fraction of sp³-hybridized carbons (Fsp3) is 0.533. The Hall–Kier alpha value is -1.52. The van der Waals surface area contributed by atoms with Gasteiger partial charge in [0.2, 0.25) is 0 Å². The summed E-state index contributed by atoms with van der Waals surface area (Å²) in [5, 5.41) is 0. The lowest BCUT2D eigenvalue weighted by Gasteiger charge is -2.22. The number of nitrogens with zero attached hydrogens (tertiary/aromatic N) is 1. The van der Waals surface area contributed by atoms with Gasteiger partial charge in [-0.05, 0) is 37.5 Å². The van der Waals surface area contributed by atoms with Crippen molar-refractivity contribution in [2.75, 3.05) is 13.1 Å². The van der Waals surface area contributed by atoms with Gasteiger partial charge >= 0.3 is 6.18 Å². The van der Waals surface area contributed by atoms with Gasteiger partial charge in [-0.2, -0.15) is 13.2 Å². The van der Waals surface area contributed by atoms with Crippen LogP contribution < -0.4 is 0 Å². The van der Waals surface area contributed by atoms with Gasteiger partial charge in [0.15, 0.2) is 0 Å². The first-order chi connectivity index (χ1) is 9.25. The Labute approximate surface area is 117 Å². The van der Waals surface area contributed by atoms with Crippen molar-refractivity contribution in [3.05, 3.63) is 35.4 Å². The quantitative estimate of drug-likeness (QED) is 0.794. The molecule has 2 nitrogen and oxygen atoms in total. The molecule has 0 aliphatic carbocycles. The van der Waals surface area contributed by atoms with Crippen molar-refractivity contribution in [1.29, 1.82) is 0 Å². The second kappa shape index (κ2) is 6.77. The predicted octanol–water partition coefficient (Wildman–Crippen LogP) is 4.21. The van der Waals surface area contributed by atoms with Crippen molar-refractivity contribution >= 4 is 5.91 Å². The Kier molecular flexibility index (Phi) is 5.60. The number of hydrogen-bond donors (Lipinski definition) is 0. The molecule has 1 rings (SSSR count). The van der Waals surface area contributed by atoms with Gasteiger partial charge in [0.25, 0.3) is 5.91 Å². The van der Waals surface area contributed by atoms with Gasteiger partial charge in [-0.3, -0.25) is 4.79 Å². The topological polar surface area (TPSA) is 20.3 Å². The molecule has 1 amide bonds. The van der Waals surface area contributed by atoms with Gasteiger partial charge in [0.05, 0.1) is 5.56 Å². The zero-order valence-corrected chi connectivity index (χ0v) is 12.0. The van der Waals surface area contributed by atoms with Crippen molar-refractivity contribution in [3.8, 4) is 0 Å². The molecule has 0 aliphatic rings. The van der Waals surface area contributed by atoms with Crippen molar-refractivity contribution < 1.29 is 18.0 Å². The highest BCUT2D eigenvalue weighted by Gasteiger charge is 2.31. The summed E-state index contributed by atoms with van der Waals surface area (Å²) in [4.78, 5) is 13.8. The molecule has 112 valence electrons. The minimum Gasteiger partial charge on any atom is -0.339 e. The molecule has 0 spiro atoms. The second-order valence-corrected chi connectivity index (χ2v) is 5.15. The first-order valence-electron chi connectivity index (χ1n) is 6.72. The molecule has 0 fully saturated rings. The molecule has 0 heterocycles. The second-order valence-electron chi connectivity index (χ2n) is 5.15. The smallest absolute Gasteiger partial charge is 0.339 e. The van der Waals surface area contributed by atoms with Crippen LogP contribution in [0.1, 0.15) is 43.1 Å². The van der Waals surface area contributed by atoms with E-state index in [4.69, 9.17) is 0 Å². The Morgan fingerprint density at radius 1 is 1.30 bits per heavy atom. The van der Waals surface area contributed by atoms with E-state index in [1.165, 1.54) is 12.1 Å². The van der Waals surface area contributed by atoms with E-state index in [0.717, 1.165) is 18.6 Å². The van der Waals surface area contributed by atoms with Crippen LogP contribution in [-0.4, -0.2) is 23.9 Å². The Morgan fingerprint density at radius 3 is 2.45 bits per heavy atom. The minimum absolute atomic E-state index is 0.0884. The molecule has 1 aromatic carbocycles. The number of benzene rings is 1. The normalized spacial score (nSPS) is 11.8. The Balaban J connectivity index is 2.90. The predicted molar refractivity (Wildman–Crippen MR) is 72.5 cm³/mol. The molecule has 0 aliphatic heterocycles. The standard InChI is InChI=1S/C15H20F3NO/c1-4-19(9-8-11(2)3)14(20)12-6-5-7-13(10-12)15(16,17)18/h5-7,10-11H,4,8-9H2,1-3H3. The van der Waals surface area contributed by atoms with Crippen LogP contribution in [0.25, 0.3) is 0 Å². The number of carbonyl (C=O) groups is 1. The zero-order valence-electron chi connectivity index (χ0n) is 12.0. The molecule has 0 atom stereocenters. The molecule has 0 unspecified atom stereocenters. The van der Waals surface area contributed by atoms with Crippen molar-refractivity contribution in [1.82, 2.24) is 4.90 Å². The van der Waals surface area contributed by atoms with Gasteiger partial charge in [-0.1, -0.05) is 19.9 Å². The number of carbonyl (C=O) groups excluding carboxylic acids is 1. The van der Waals surface area contributed by atoms with E-state index in [2.05, 4.69) is 0 Å². The number of halogens is 3. The molecule has 0 bridgehead atoms. The highest BCUT2D eigenvalue weighted by atomic mass is 19.4. The summed E-state index contributed by atoms with van der Waals surface area (Å²) < 4.78 is 37.9. The zero-order chi connectivity index (χ0) is 15.3. The number of alkyl halides is 3. The van der Waals surface area contributed by atoms with E-state index in [1.54, 1.807) is 4.90 Å². The van der Waals surface area contributed by atoms with E-state index < -0.39 is 11.7 Å². The van der Waals surface area contributed by atoms with Crippen LogP contribution >= 0.6 is 0 Å². The molecule has 0 N–H and O–H groups in total. The maximum atomic E-state index is 12.6. The van der Waals surface area contributed by atoms with Crippen LogP contribution in [0.4, 0.5) is 13.2 Å². The highest BCUT2D eigenvalue weighted by Crippen LogP contribution is 2.29. The minimum atomic E-state index is -4.43. The lowest BCUT2D eigenvalue weighted by atomic mass is 10.1. The first kappa shape index (κ1) is 16.5. The summed E-state index contributed by atoms with van der Waals surface area (Å²) in [6.07, 6.45) is -3.59. The van der Waals surface area contributed by atoms with Crippen LogP contribution in [0.3, 0.4) is 0 Å². The van der Waals surface area contributed by atoms with E-state index in [9.17, 15) is 18.0 Å². The van der Waals surface area contributed by atoms with Crippen LogP contribution in [0.5, 0.6) is 0 Å². The molecule has 0 saturated heterocycles. The van der Waals surface area contributed by atoms with E-state index in [0.29, 0.717) is 19.0 Å². The van der Waals surface area contributed by atoms with Crippen molar-refractivity contribution in [2.24, 2.45) is 5.92 Å². The molecule has 5 heteroatoms.